The van der Waals surface area contributed by atoms with Crippen LogP contribution >= 0.6 is 23.1 Å². The fourth-order valence-corrected chi connectivity index (χ4v) is 4.19. The molecule has 0 unspecified atom stereocenters. The molecule has 0 fully saturated rings. The summed E-state index contributed by atoms with van der Waals surface area (Å²) in [5, 5.41) is 14.2. The van der Waals surface area contributed by atoms with Crippen molar-refractivity contribution in [2.24, 2.45) is 0 Å². The maximum Gasteiger partial charge on any atom is 0.286 e. The van der Waals surface area contributed by atoms with Gasteiger partial charge in [0.05, 0.1) is 5.75 Å². The first-order valence-electron chi connectivity index (χ1n) is 9.41. The molecule has 0 atom stereocenters. The van der Waals surface area contributed by atoms with Crippen molar-refractivity contribution >= 4 is 46.3 Å². The smallest absolute Gasteiger partial charge is 0.286 e. The van der Waals surface area contributed by atoms with Crippen LogP contribution in [0.15, 0.2) is 48.5 Å². The molecule has 0 aliphatic rings. The van der Waals surface area contributed by atoms with Gasteiger partial charge in [0.15, 0.2) is 0 Å². The number of nitrogens with one attached hydrogen (secondary N) is 2. The van der Waals surface area contributed by atoms with Crippen molar-refractivity contribution in [1.29, 1.82) is 0 Å². The topological polar surface area (TPSA) is 87.2 Å². The number of rotatable bonds is 9. The van der Waals surface area contributed by atoms with Gasteiger partial charge in [-0.2, -0.15) is 0 Å². The molecule has 31 heavy (non-hydrogen) atoms. The van der Waals surface area contributed by atoms with Crippen LogP contribution in [0.5, 0.6) is 0 Å². The molecule has 1 heterocycles. The molecule has 162 valence electrons. The molecule has 7 nitrogen and oxygen atoms in total. The van der Waals surface area contributed by atoms with Gasteiger partial charge in [0.2, 0.25) is 10.9 Å². The van der Waals surface area contributed by atoms with Crippen LogP contribution in [-0.2, 0) is 17.1 Å². The van der Waals surface area contributed by atoms with Gasteiger partial charge < -0.3 is 15.5 Å². The zero-order valence-corrected chi connectivity index (χ0v) is 18.7. The Morgan fingerprint density at radius 1 is 1.13 bits per heavy atom. The van der Waals surface area contributed by atoms with E-state index in [-0.39, 0.29) is 16.7 Å². The Morgan fingerprint density at radius 3 is 2.61 bits per heavy atom. The van der Waals surface area contributed by atoms with Gasteiger partial charge in [0.1, 0.15) is 10.8 Å². The van der Waals surface area contributed by atoms with Crippen LogP contribution < -0.4 is 15.5 Å². The van der Waals surface area contributed by atoms with Gasteiger partial charge in [-0.25, -0.2) is 4.39 Å². The van der Waals surface area contributed by atoms with Gasteiger partial charge >= 0.3 is 0 Å². The molecule has 0 aliphatic heterocycles. The zero-order valence-electron chi connectivity index (χ0n) is 17.1. The average Bonchev–Trinajstić information content (AvgIpc) is 3.22. The average molecular weight is 460 g/mol. The SMILES string of the molecule is CN(C)c1ccc(CNC(=O)CSCc2nnc(C(=O)Nc3cccc(F)c3)s2)cc1. The Morgan fingerprint density at radius 2 is 1.90 bits per heavy atom. The number of carbonyl (C=O) groups is 2. The summed E-state index contributed by atoms with van der Waals surface area (Å²) >= 11 is 2.54. The Labute approximate surface area is 188 Å². The molecule has 3 rings (SSSR count). The third-order valence-electron chi connectivity index (χ3n) is 4.14. The maximum atomic E-state index is 13.2. The van der Waals surface area contributed by atoms with E-state index in [0.717, 1.165) is 22.6 Å². The molecule has 0 spiro atoms. The van der Waals surface area contributed by atoms with E-state index in [0.29, 0.717) is 23.0 Å². The molecule has 0 bridgehead atoms. The van der Waals surface area contributed by atoms with Crippen LogP contribution in [0.4, 0.5) is 15.8 Å². The summed E-state index contributed by atoms with van der Waals surface area (Å²) < 4.78 is 13.2. The lowest BCUT2D eigenvalue weighted by Crippen LogP contribution is -2.24. The highest BCUT2D eigenvalue weighted by Crippen LogP contribution is 2.18. The minimum absolute atomic E-state index is 0.0738. The Kier molecular flexibility index (Phi) is 7.96. The molecule has 0 saturated heterocycles. The van der Waals surface area contributed by atoms with Crippen molar-refractivity contribution in [2.45, 2.75) is 12.3 Å². The largest absolute Gasteiger partial charge is 0.378 e. The van der Waals surface area contributed by atoms with Crippen molar-refractivity contribution < 1.29 is 14.0 Å². The van der Waals surface area contributed by atoms with E-state index in [1.54, 1.807) is 6.07 Å². The summed E-state index contributed by atoms with van der Waals surface area (Å²) in [5.74, 6) is -0.209. The number of thioether (sulfide) groups is 1. The van der Waals surface area contributed by atoms with Crippen molar-refractivity contribution in [3.8, 4) is 0 Å². The van der Waals surface area contributed by atoms with E-state index in [1.165, 1.54) is 30.0 Å². The number of halogens is 1. The predicted molar refractivity (Wildman–Crippen MR) is 123 cm³/mol. The van der Waals surface area contributed by atoms with Gasteiger partial charge in [-0.05, 0) is 35.9 Å². The van der Waals surface area contributed by atoms with Gasteiger partial charge in [-0.3, -0.25) is 9.59 Å². The summed E-state index contributed by atoms with van der Waals surface area (Å²) in [6.07, 6.45) is 0. The first-order valence-corrected chi connectivity index (χ1v) is 11.4. The second-order valence-corrected chi connectivity index (χ2v) is 8.84. The fraction of sp³-hybridized carbons (Fsp3) is 0.238. The first-order chi connectivity index (χ1) is 14.9. The van der Waals surface area contributed by atoms with E-state index in [4.69, 9.17) is 0 Å². The number of nitrogens with zero attached hydrogens (tertiary/aromatic N) is 3. The molecule has 10 heteroatoms. The molecular weight excluding hydrogens is 437 g/mol. The van der Waals surface area contributed by atoms with Gasteiger partial charge in [0.25, 0.3) is 5.91 Å². The van der Waals surface area contributed by atoms with E-state index in [9.17, 15) is 14.0 Å². The minimum Gasteiger partial charge on any atom is -0.378 e. The lowest BCUT2D eigenvalue weighted by Gasteiger charge is -2.12. The van der Waals surface area contributed by atoms with Crippen molar-refractivity contribution in [1.82, 2.24) is 15.5 Å². The molecule has 3 aromatic rings. The molecule has 0 aliphatic carbocycles. The second kappa shape index (κ2) is 10.9. The third-order valence-corrected chi connectivity index (χ3v) is 6.19. The lowest BCUT2D eigenvalue weighted by atomic mass is 10.2. The second-order valence-electron chi connectivity index (χ2n) is 6.80. The van der Waals surface area contributed by atoms with Crippen LogP contribution in [0.2, 0.25) is 0 Å². The van der Waals surface area contributed by atoms with Crippen molar-refractivity contribution in [2.75, 3.05) is 30.1 Å². The van der Waals surface area contributed by atoms with Gasteiger partial charge in [-0.1, -0.05) is 29.5 Å². The summed E-state index contributed by atoms with van der Waals surface area (Å²) in [6.45, 7) is 0.469. The monoisotopic (exact) mass is 459 g/mol. The highest BCUT2D eigenvalue weighted by atomic mass is 32.2. The van der Waals surface area contributed by atoms with E-state index in [2.05, 4.69) is 20.8 Å². The third kappa shape index (κ3) is 7.04. The number of aromatic nitrogens is 2. The van der Waals surface area contributed by atoms with Crippen LogP contribution in [0, 0.1) is 5.82 Å². The quantitative estimate of drug-likeness (QED) is 0.509. The van der Waals surface area contributed by atoms with Crippen LogP contribution in [0.1, 0.15) is 20.4 Å². The van der Waals surface area contributed by atoms with Gasteiger partial charge in [-0.15, -0.1) is 22.0 Å². The van der Waals surface area contributed by atoms with Crippen LogP contribution in [-0.4, -0.2) is 41.9 Å². The summed E-state index contributed by atoms with van der Waals surface area (Å²) in [7, 11) is 3.96. The molecule has 0 saturated carbocycles. The lowest BCUT2D eigenvalue weighted by molar-refractivity contribution is -0.118. The van der Waals surface area contributed by atoms with Gasteiger partial charge in [0, 0.05) is 37.8 Å². The van der Waals surface area contributed by atoms with Crippen LogP contribution in [0.25, 0.3) is 0 Å². The minimum atomic E-state index is -0.447. The molecular formula is C21H22FN5O2S2. The standard InChI is InChI=1S/C21H22FN5O2S2/c1-27(2)17-8-6-14(7-9-17)11-23-18(28)12-30-13-19-25-26-21(31-19)20(29)24-16-5-3-4-15(22)10-16/h3-10H,11-13H2,1-2H3,(H,23,28)(H,24,29). The molecule has 1 aromatic heterocycles. The Balaban J connectivity index is 1.40. The highest BCUT2D eigenvalue weighted by Gasteiger charge is 2.14. The van der Waals surface area contributed by atoms with E-state index in [1.807, 2.05) is 43.3 Å². The number of anilines is 2. The number of benzene rings is 2. The number of carbonyl (C=O) groups excluding carboxylic acids is 2. The van der Waals surface area contributed by atoms with Crippen molar-refractivity contribution in [3.05, 3.63) is 69.9 Å². The summed E-state index contributed by atoms with van der Waals surface area (Å²) in [4.78, 5) is 26.3. The normalized spacial score (nSPS) is 10.5. The molecule has 2 aromatic carbocycles. The Bertz CT molecular complexity index is 1040. The van der Waals surface area contributed by atoms with E-state index >= 15 is 0 Å². The van der Waals surface area contributed by atoms with Crippen LogP contribution in [0.3, 0.4) is 0 Å². The number of amides is 2. The number of hydrogen-bond acceptors (Lipinski definition) is 7. The maximum absolute atomic E-state index is 13.2. The van der Waals surface area contributed by atoms with E-state index < -0.39 is 11.7 Å². The first kappa shape index (κ1) is 22.7. The molecule has 0 radical (unpaired) electrons. The van der Waals surface area contributed by atoms with Crippen molar-refractivity contribution in [3.63, 3.8) is 0 Å². The Hall–Kier alpha value is -2.98. The summed E-state index contributed by atoms with van der Waals surface area (Å²) in [6, 6.07) is 13.6. The fourth-order valence-electron chi connectivity index (χ4n) is 2.55. The highest BCUT2D eigenvalue weighted by molar-refractivity contribution is 7.99. The zero-order chi connectivity index (χ0) is 22.2. The summed E-state index contributed by atoms with van der Waals surface area (Å²) in [5.41, 5.74) is 2.48. The molecule has 2 amide bonds. The number of hydrogen-bond donors (Lipinski definition) is 2. The molecule has 2 N–H and O–H groups in total. The predicted octanol–water partition coefficient (Wildman–Crippen LogP) is 3.55.